The van der Waals surface area contributed by atoms with Crippen LogP contribution in [0.2, 0.25) is 5.02 Å². The summed E-state index contributed by atoms with van der Waals surface area (Å²) >= 11 is 10.7. The highest BCUT2D eigenvalue weighted by molar-refractivity contribution is 9.10. The highest BCUT2D eigenvalue weighted by Gasteiger charge is 2.13. The molecule has 0 saturated heterocycles. The number of aromatic nitrogens is 4. The van der Waals surface area contributed by atoms with E-state index in [9.17, 15) is 4.79 Å². The SMILES string of the molecule is Cn1c(COc2ccccc2Cl)nnc1SCC(=O)Nc1ccc(Br)cn1. The zero-order valence-electron chi connectivity index (χ0n) is 14.2. The molecule has 2 heterocycles. The average molecular weight is 469 g/mol. The molecule has 0 aliphatic rings. The van der Waals surface area contributed by atoms with Crippen molar-refractivity contribution >= 4 is 51.0 Å². The number of carbonyl (C=O) groups is 1. The average Bonchev–Trinajstić information content (AvgIpc) is 3.01. The smallest absolute Gasteiger partial charge is 0.236 e. The van der Waals surface area contributed by atoms with Gasteiger partial charge in [0.1, 0.15) is 18.2 Å². The molecule has 2 aromatic heterocycles. The second-order valence-electron chi connectivity index (χ2n) is 5.38. The Morgan fingerprint density at radius 2 is 2.11 bits per heavy atom. The fourth-order valence-corrected chi connectivity index (χ4v) is 3.21. The molecule has 0 aliphatic heterocycles. The van der Waals surface area contributed by atoms with E-state index in [0.717, 1.165) is 4.47 Å². The predicted molar refractivity (Wildman–Crippen MR) is 108 cm³/mol. The molecule has 0 aliphatic carbocycles. The van der Waals surface area contributed by atoms with Crippen LogP contribution in [0.4, 0.5) is 5.82 Å². The van der Waals surface area contributed by atoms with Gasteiger partial charge in [-0.2, -0.15) is 0 Å². The summed E-state index contributed by atoms with van der Waals surface area (Å²) in [5.74, 6) is 1.72. The number of anilines is 1. The highest BCUT2D eigenvalue weighted by atomic mass is 79.9. The molecular formula is C17H15BrClN5O2S. The van der Waals surface area contributed by atoms with E-state index in [4.69, 9.17) is 16.3 Å². The number of amides is 1. The molecule has 0 bridgehead atoms. The maximum atomic E-state index is 12.1. The number of ether oxygens (including phenoxy) is 1. The highest BCUT2D eigenvalue weighted by Crippen LogP contribution is 2.24. The van der Waals surface area contributed by atoms with E-state index in [1.54, 1.807) is 29.0 Å². The molecule has 3 rings (SSSR count). The van der Waals surface area contributed by atoms with Crippen LogP contribution in [0.15, 0.2) is 52.2 Å². The van der Waals surface area contributed by atoms with Gasteiger partial charge in [-0.25, -0.2) is 4.98 Å². The lowest BCUT2D eigenvalue weighted by Gasteiger charge is -2.08. The molecule has 0 saturated carbocycles. The molecule has 140 valence electrons. The number of nitrogens with zero attached hydrogens (tertiary/aromatic N) is 4. The first-order valence-corrected chi connectivity index (χ1v) is 9.98. The molecule has 1 aromatic carbocycles. The van der Waals surface area contributed by atoms with E-state index in [-0.39, 0.29) is 18.3 Å². The van der Waals surface area contributed by atoms with Gasteiger partial charge in [0.2, 0.25) is 5.91 Å². The van der Waals surface area contributed by atoms with Crippen LogP contribution < -0.4 is 10.1 Å². The number of halogens is 2. The van der Waals surface area contributed by atoms with Gasteiger partial charge in [0.05, 0.1) is 10.8 Å². The molecule has 27 heavy (non-hydrogen) atoms. The van der Waals surface area contributed by atoms with Crippen LogP contribution in [0.5, 0.6) is 5.75 Å². The van der Waals surface area contributed by atoms with Gasteiger partial charge in [0.25, 0.3) is 0 Å². The second-order valence-corrected chi connectivity index (χ2v) is 7.64. The summed E-state index contributed by atoms with van der Waals surface area (Å²) in [4.78, 5) is 16.2. The van der Waals surface area contributed by atoms with Crippen LogP contribution >= 0.6 is 39.3 Å². The third-order valence-corrected chi connectivity index (χ3v) is 5.25. The van der Waals surface area contributed by atoms with Crippen LogP contribution in [0, 0.1) is 0 Å². The van der Waals surface area contributed by atoms with Gasteiger partial charge in [-0.3, -0.25) is 4.79 Å². The van der Waals surface area contributed by atoms with Gasteiger partial charge in [-0.15, -0.1) is 10.2 Å². The van der Waals surface area contributed by atoms with E-state index >= 15 is 0 Å². The van der Waals surface area contributed by atoms with E-state index in [2.05, 4.69) is 36.4 Å². The number of thioether (sulfide) groups is 1. The minimum atomic E-state index is -0.174. The van der Waals surface area contributed by atoms with Crippen LogP contribution in [-0.4, -0.2) is 31.4 Å². The van der Waals surface area contributed by atoms with Crippen molar-refractivity contribution in [2.45, 2.75) is 11.8 Å². The first-order valence-electron chi connectivity index (χ1n) is 7.82. The van der Waals surface area contributed by atoms with Gasteiger partial charge in [-0.1, -0.05) is 35.5 Å². The molecule has 1 N–H and O–H groups in total. The normalized spacial score (nSPS) is 10.6. The Morgan fingerprint density at radius 3 is 2.85 bits per heavy atom. The van der Waals surface area contributed by atoms with Crippen molar-refractivity contribution in [1.29, 1.82) is 0 Å². The Kier molecular flexibility index (Phi) is 6.70. The lowest BCUT2D eigenvalue weighted by Crippen LogP contribution is -2.15. The Hall–Kier alpha value is -2.10. The zero-order valence-corrected chi connectivity index (χ0v) is 17.4. The summed E-state index contributed by atoms with van der Waals surface area (Å²) < 4.78 is 8.31. The predicted octanol–water partition coefficient (Wildman–Crippen LogP) is 3.94. The Labute approximate surface area is 173 Å². The van der Waals surface area contributed by atoms with Crippen LogP contribution in [0.3, 0.4) is 0 Å². The molecule has 0 atom stereocenters. The number of benzene rings is 1. The number of hydrogen-bond acceptors (Lipinski definition) is 6. The number of nitrogens with one attached hydrogen (secondary N) is 1. The molecule has 1 amide bonds. The molecular weight excluding hydrogens is 454 g/mol. The Balaban J connectivity index is 1.53. The minimum Gasteiger partial charge on any atom is -0.484 e. The van der Waals surface area contributed by atoms with Crippen molar-refractivity contribution in [1.82, 2.24) is 19.7 Å². The van der Waals surface area contributed by atoms with Crippen molar-refractivity contribution in [2.75, 3.05) is 11.1 Å². The lowest BCUT2D eigenvalue weighted by molar-refractivity contribution is -0.113. The van der Waals surface area contributed by atoms with Gasteiger partial charge in [0, 0.05) is 17.7 Å². The molecule has 0 radical (unpaired) electrons. The number of carbonyl (C=O) groups excluding carboxylic acids is 1. The van der Waals surface area contributed by atoms with Crippen molar-refractivity contribution in [3.8, 4) is 5.75 Å². The Morgan fingerprint density at radius 1 is 1.30 bits per heavy atom. The molecule has 10 heteroatoms. The number of rotatable bonds is 7. The number of pyridine rings is 1. The van der Waals surface area contributed by atoms with Gasteiger partial charge in [0.15, 0.2) is 11.0 Å². The fraction of sp³-hybridized carbons (Fsp3) is 0.176. The van der Waals surface area contributed by atoms with Crippen LogP contribution in [0.25, 0.3) is 0 Å². The molecule has 0 spiro atoms. The topological polar surface area (TPSA) is 81.9 Å². The molecule has 0 unspecified atom stereocenters. The lowest BCUT2D eigenvalue weighted by atomic mass is 10.3. The summed E-state index contributed by atoms with van der Waals surface area (Å²) in [5, 5.41) is 12.1. The van der Waals surface area contributed by atoms with E-state index in [0.29, 0.717) is 27.6 Å². The number of hydrogen-bond donors (Lipinski definition) is 1. The fourth-order valence-electron chi connectivity index (χ4n) is 2.06. The van der Waals surface area contributed by atoms with Crippen molar-refractivity contribution < 1.29 is 9.53 Å². The van der Waals surface area contributed by atoms with E-state index in [1.807, 2.05) is 25.2 Å². The summed E-state index contributed by atoms with van der Waals surface area (Å²) in [6.07, 6.45) is 1.62. The maximum Gasteiger partial charge on any atom is 0.236 e. The van der Waals surface area contributed by atoms with Gasteiger partial charge >= 0.3 is 0 Å². The van der Waals surface area contributed by atoms with E-state index in [1.165, 1.54) is 11.8 Å². The third-order valence-electron chi connectivity index (χ3n) is 3.45. The van der Waals surface area contributed by atoms with E-state index < -0.39 is 0 Å². The molecule has 7 nitrogen and oxygen atoms in total. The molecule has 3 aromatic rings. The second kappa shape index (κ2) is 9.20. The maximum absolute atomic E-state index is 12.1. The summed E-state index contributed by atoms with van der Waals surface area (Å²) in [7, 11) is 1.82. The standard InChI is InChI=1S/C17H15BrClN5O2S/c1-24-15(9-26-13-5-3-2-4-12(13)19)22-23-17(24)27-10-16(25)21-14-7-6-11(18)8-20-14/h2-8H,9-10H2,1H3,(H,20,21,25). The Bertz CT molecular complexity index is 935. The van der Waals surface area contributed by atoms with Crippen molar-refractivity contribution in [3.05, 3.63) is 57.9 Å². The first kappa shape index (κ1) is 19.7. The zero-order chi connectivity index (χ0) is 19.2. The van der Waals surface area contributed by atoms with Crippen LogP contribution in [0.1, 0.15) is 5.82 Å². The summed E-state index contributed by atoms with van der Waals surface area (Å²) in [6, 6.07) is 10.8. The van der Waals surface area contributed by atoms with Crippen molar-refractivity contribution in [2.24, 2.45) is 7.05 Å². The van der Waals surface area contributed by atoms with Gasteiger partial charge in [-0.05, 0) is 40.2 Å². The third kappa shape index (κ3) is 5.44. The van der Waals surface area contributed by atoms with Gasteiger partial charge < -0.3 is 14.6 Å². The summed E-state index contributed by atoms with van der Waals surface area (Å²) in [5.41, 5.74) is 0. The van der Waals surface area contributed by atoms with Crippen molar-refractivity contribution in [3.63, 3.8) is 0 Å². The van der Waals surface area contributed by atoms with Crippen LogP contribution in [-0.2, 0) is 18.4 Å². The number of para-hydroxylation sites is 1. The molecule has 0 fully saturated rings. The minimum absolute atomic E-state index is 0.174. The largest absolute Gasteiger partial charge is 0.484 e. The summed E-state index contributed by atoms with van der Waals surface area (Å²) in [6.45, 7) is 0.225. The first-order chi connectivity index (χ1) is 13.0. The monoisotopic (exact) mass is 467 g/mol. The quantitative estimate of drug-likeness (QED) is 0.529.